The number of halogens is 1. The van der Waals surface area contributed by atoms with Crippen molar-refractivity contribution in [1.29, 1.82) is 0 Å². The second kappa shape index (κ2) is 7.61. The number of carbonyl (C=O) groups is 2. The van der Waals surface area contributed by atoms with Gasteiger partial charge >= 0.3 is 0 Å². The molecule has 1 fully saturated rings. The Labute approximate surface area is 136 Å². The summed E-state index contributed by atoms with van der Waals surface area (Å²) in [6.45, 7) is 6.19. The zero-order valence-corrected chi connectivity index (χ0v) is 13.7. The molecule has 5 nitrogen and oxygen atoms in total. The van der Waals surface area contributed by atoms with Gasteiger partial charge in [0.05, 0.1) is 16.6 Å². The van der Waals surface area contributed by atoms with Crippen LogP contribution in [0.1, 0.15) is 37.0 Å². The predicted molar refractivity (Wildman–Crippen MR) is 88.4 cm³/mol. The Balaban J connectivity index is 2.07. The van der Waals surface area contributed by atoms with E-state index in [1.165, 1.54) is 0 Å². The molecule has 1 unspecified atom stereocenters. The maximum Gasteiger partial charge on any atom is 0.252 e. The molecule has 2 rings (SSSR count). The van der Waals surface area contributed by atoms with Crippen molar-refractivity contribution in [2.24, 2.45) is 0 Å². The van der Waals surface area contributed by atoms with Crippen LogP contribution >= 0.6 is 11.6 Å². The van der Waals surface area contributed by atoms with Crippen LogP contribution in [0.5, 0.6) is 0 Å². The van der Waals surface area contributed by atoms with E-state index in [1.807, 2.05) is 13.8 Å². The summed E-state index contributed by atoms with van der Waals surface area (Å²) >= 11 is 6.05. The number of rotatable bonds is 5. The molecule has 1 heterocycles. The van der Waals surface area contributed by atoms with E-state index in [9.17, 15) is 9.59 Å². The zero-order valence-electron chi connectivity index (χ0n) is 13.0. The van der Waals surface area contributed by atoms with Crippen LogP contribution in [0.15, 0.2) is 18.2 Å². The smallest absolute Gasteiger partial charge is 0.252 e. The molecule has 1 aliphatic rings. The highest BCUT2D eigenvalue weighted by Crippen LogP contribution is 2.21. The topological polar surface area (TPSA) is 61.4 Å². The van der Waals surface area contributed by atoms with Gasteiger partial charge in [0.2, 0.25) is 5.91 Å². The van der Waals surface area contributed by atoms with Crippen LogP contribution in [0, 0.1) is 0 Å². The van der Waals surface area contributed by atoms with Crippen LogP contribution in [0.4, 0.5) is 5.69 Å². The van der Waals surface area contributed by atoms with Gasteiger partial charge in [-0.15, -0.1) is 0 Å². The van der Waals surface area contributed by atoms with Crippen LogP contribution in [-0.4, -0.2) is 42.4 Å². The summed E-state index contributed by atoms with van der Waals surface area (Å²) in [4.78, 5) is 26.4. The van der Waals surface area contributed by atoms with Gasteiger partial charge in [-0.25, -0.2) is 0 Å². The Bertz CT molecular complexity index is 556. The highest BCUT2D eigenvalue weighted by atomic mass is 35.5. The number of nitrogens with one attached hydrogen (secondary N) is 2. The average Bonchev–Trinajstić information content (AvgIpc) is 3.02. The first-order valence-corrected chi connectivity index (χ1v) is 8.03. The Kier molecular flexibility index (Phi) is 5.80. The number of likely N-dealkylation sites (tertiary alicyclic amines) is 1. The van der Waals surface area contributed by atoms with Crippen molar-refractivity contribution in [3.8, 4) is 0 Å². The van der Waals surface area contributed by atoms with Crippen molar-refractivity contribution < 1.29 is 9.59 Å². The quantitative estimate of drug-likeness (QED) is 0.875. The van der Waals surface area contributed by atoms with Crippen LogP contribution in [0.3, 0.4) is 0 Å². The largest absolute Gasteiger partial charge is 0.352 e. The molecule has 22 heavy (non-hydrogen) atoms. The molecular weight excluding hydrogens is 302 g/mol. The number of carbonyl (C=O) groups excluding carboxylic acids is 2. The molecule has 0 aromatic heterocycles. The summed E-state index contributed by atoms with van der Waals surface area (Å²) in [5, 5.41) is 5.94. The molecule has 6 heteroatoms. The van der Waals surface area contributed by atoms with E-state index in [2.05, 4.69) is 15.5 Å². The van der Waals surface area contributed by atoms with Gasteiger partial charge in [-0.05, 0) is 58.0 Å². The first kappa shape index (κ1) is 16.8. The number of hydrogen-bond acceptors (Lipinski definition) is 3. The van der Waals surface area contributed by atoms with E-state index < -0.39 is 0 Å². The first-order chi connectivity index (χ1) is 10.5. The number of hydrogen-bond donors (Lipinski definition) is 2. The van der Waals surface area contributed by atoms with Gasteiger partial charge in [0.1, 0.15) is 0 Å². The molecule has 0 bridgehead atoms. The van der Waals surface area contributed by atoms with Gasteiger partial charge in [-0.2, -0.15) is 0 Å². The van der Waals surface area contributed by atoms with E-state index >= 15 is 0 Å². The van der Waals surface area contributed by atoms with Gasteiger partial charge in [0, 0.05) is 12.2 Å². The Morgan fingerprint density at radius 3 is 2.64 bits per heavy atom. The number of amides is 2. The van der Waals surface area contributed by atoms with Gasteiger partial charge in [-0.1, -0.05) is 11.6 Å². The fraction of sp³-hybridized carbons (Fsp3) is 0.500. The third kappa shape index (κ3) is 3.99. The number of anilines is 1. The van der Waals surface area contributed by atoms with E-state index in [1.54, 1.807) is 18.2 Å². The fourth-order valence-electron chi connectivity index (χ4n) is 2.57. The minimum absolute atomic E-state index is 0.0638. The number of nitrogens with zero attached hydrogens (tertiary/aromatic N) is 1. The van der Waals surface area contributed by atoms with E-state index in [0.29, 0.717) is 22.8 Å². The third-order valence-electron chi connectivity index (χ3n) is 3.88. The molecule has 1 saturated heterocycles. The van der Waals surface area contributed by atoms with Crippen LogP contribution in [0.25, 0.3) is 0 Å². The fourth-order valence-corrected chi connectivity index (χ4v) is 2.78. The molecule has 120 valence electrons. The lowest BCUT2D eigenvalue weighted by molar-refractivity contribution is -0.120. The lowest BCUT2D eigenvalue weighted by Crippen LogP contribution is -2.40. The number of benzene rings is 1. The SMILES string of the molecule is CCNC(=O)c1cc(NC(=O)C(C)N2CCCC2)ccc1Cl. The molecule has 1 aromatic rings. The van der Waals surface area contributed by atoms with Crippen LogP contribution in [0.2, 0.25) is 5.02 Å². The molecule has 0 aliphatic carbocycles. The predicted octanol–water partition coefficient (Wildman–Crippen LogP) is 2.51. The minimum atomic E-state index is -0.240. The Morgan fingerprint density at radius 1 is 1.32 bits per heavy atom. The molecular formula is C16H22ClN3O2. The third-order valence-corrected chi connectivity index (χ3v) is 4.21. The summed E-state index contributed by atoms with van der Waals surface area (Å²) in [6, 6.07) is 4.77. The lowest BCUT2D eigenvalue weighted by Gasteiger charge is -2.22. The second-order valence-corrected chi connectivity index (χ2v) is 5.87. The van der Waals surface area contributed by atoms with Crippen LogP contribution < -0.4 is 10.6 Å². The van der Waals surface area contributed by atoms with Gasteiger partial charge in [0.25, 0.3) is 5.91 Å². The average molecular weight is 324 g/mol. The maximum absolute atomic E-state index is 12.3. The normalized spacial score (nSPS) is 16.3. The van der Waals surface area contributed by atoms with Gasteiger partial charge < -0.3 is 10.6 Å². The molecule has 1 aliphatic heterocycles. The molecule has 1 atom stereocenters. The molecule has 1 aromatic carbocycles. The van der Waals surface area contributed by atoms with Crippen LogP contribution in [-0.2, 0) is 4.79 Å². The van der Waals surface area contributed by atoms with E-state index in [-0.39, 0.29) is 17.9 Å². The molecule has 2 N–H and O–H groups in total. The Morgan fingerprint density at radius 2 is 2.00 bits per heavy atom. The second-order valence-electron chi connectivity index (χ2n) is 5.46. The van der Waals surface area contributed by atoms with Crippen molar-refractivity contribution in [3.63, 3.8) is 0 Å². The summed E-state index contributed by atoms with van der Waals surface area (Å²) in [6.07, 6.45) is 2.28. The van der Waals surface area contributed by atoms with Crippen molar-refractivity contribution in [2.75, 3.05) is 25.0 Å². The summed E-state index contributed by atoms with van der Waals surface area (Å²) in [5.74, 6) is -0.303. The van der Waals surface area contributed by atoms with Crippen molar-refractivity contribution in [1.82, 2.24) is 10.2 Å². The van der Waals surface area contributed by atoms with Crippen molar-refractivity contribution in [2.45, 2.75) is 32.7 Å². The summed E-state index contributed by atoms with van der Waals surface area (Å²) in [7, 11) is 0. The highest BCUT2D eigenvalue weighted by molar-refractivity contribution is 6.34. The Hall–Kier alpha value is -1.59. The van der Waals surface area contributed by atoms with E-state index in [0.717, 1.165) is 25.9 Å². The van der Waals surface area contributed by atoms with E-state index in [4.69, 9.17) is 11.6 Å². The van der Waals surface area contributed by atoms with Crippen molar-refractivity contribution in [3.05, 3.63) is 28.8 Å². The first-order valence-electron chi connectivity index (χ1n) is 7.65. The monoisotopic (exact) mass is 323 g/mol. The van der Waals surface area contributed by atoms with Crippen molar-refractivity contribution >= 4 is 29.1 Å². The summed E-state index contributed by atoms with van der Waals surface area (Å²) < 4.78 is 0. The molecule has 0 saturated carbocycles. The molecule has 0 radical (unpaired) electrons. The highest BCUT2D eigenvalue weighted by Gasteiger charge is 2.24. The molecule has 0 spiro atoms. The minimum Gasteiger partial charge on any atom is -0.352 e. The summed E-state index contributed by atoms with van der Waals surface area (Å²) in [5.41, 5.74) is 0.955. The maximum atomic E-state index is 12.3. The van der Waals surface area contributed by atoms with Gasteiger partial charge in [-0.3, -0.25) is 14.5 Å². The lowest BCUT2D eigenvalue weighted by atomic mass is 10.1. The van der Waals surface area contributed by atoms with Gasteiger partial charge in [0.15, 0.2) is 0 Å². The molecule has 2 amide bonds. The standard InChI is InChI=1S/C16H22ClN3O2/c1-3-18-16(22)13-10-12(6-7-14(13)17)19-15(21)11(2)20-8-4-5-9-20/h6-7,10-11H,3-5,8-9H2,1-2H3,(H,18,22)(H,19,21). The zero-order chi connectivity index (χ0) is 16.1.